The minimum Gasteiger partial charge on any atom is -0.345 e. The van der Waals surface area contributed by atoms with Crippen LogP contribution in [-0.2, 0) is 13.0 Å². The molecule has 0 bridgehead atoms. The van der Waals surface area contributed by atoms with Crippen LogP contribution in [-0.4, -0.2) is 10.9 Å². The van der Waals surface area contributed by atoms with Crippen LogP contribution in [0.3, 0.4) is 0 Å². The van der Waals surface area contributed by atoms with Gasteiger partial charge in [-0.3, -0.25) is 4.79 Å². The van der Waals surface area contributed by atoms with E-state index in [2.05, 4.69) is 22.4 Å². The molecule has 122 valence electrons. The lowest BCUT2D eigenvalue weighted by Crippen LogP contribution is -2.24. The Bertz CT molecular complexity index is 831. The Hall–Kier alpha value is -2.24. The quantitative estimate of drug-likeness (QED) is 0.730. The molecule has 3 nitrogen and oxygen atoms in total. The second kappa shape index (κ2) is 7.55. The van der Waals surface area contributed by atoms with Gasteiger partial charge in [0.2, 0.25) is 0 Å². The second-order valence-corrected chi connectivity index (χ2v) is 6.77. The first-order chi connectivity index (χ1) is 11.6. The standard InChI is InChI=1S/C18H14ClFN2OS/c19-14-7-4-8-15(20)17(14)18(23)22-11-16-21-10-13(24-16)9-12-5-2-1-3-6-12/h1-8,10H,9,11H2,(H,22,23). The lowest BCUT2D eigenvalue weighted by atomic mass is 10.1. The average Bonchev–Trinajstić information content (AvgIpc) is 3.01. The lowest BCUT2D eigenvalue weighted by molar-refractivity contribution is 0.0947. The third-order valence-corrected chi connectivity index (χ3v) is 4.72. The second-order valence-electron chi connectivity index (χ2n) is 5.16. The molecule has 2 aromatic carbocycles. The molecule has 1 heterocycles. The molecule has 24 heavy (non-hydrogen) atoms. The molecular weight excluding hydrogens is 347 g/mol. The smallest absolute Gasteiger partial charge is 0.256 e. The van der Waals surface area contributed by atoms with E-state index in [1.807, 2.05) is 18.2 Å². The summed E-state index contributed by atoms with van der Waals surface area (Å²) in [5, 5.41) is 3.52. The van der Waals surface area contributed by atoms with E-state index < -0.39 is 11.7 Å². The highest BCUT2D eigenvalue weighted by molar-refractivity contribution is 7.11. The van der Waals surface area contributed by atoms with Gasteiger partial charge in [0, 0.05) is 17.5 Å². The van der Waals surface area contributed by atoms with E-state index >= 15 is 0 Å². The van der Waals surface area contributed by atoms with Crippen molar-refractivity contribution in [2.45, 2.75) is 13.0 Å². The van der Waals surface area contributed by atoms with Crippen LogP contribution < -0.4 is 5.32 Å². The minimum absolute atomic E-state index is 0.0939. The summed E-state index contributed by atoms with van der Waals surface area (Å²) in [7, 11) is 0. The van der Waals surface area contributed by atoms with Crippen molar-refractivity contribution in [3.8, 4) is 0 Å². The number of amides is 1. The molecule has 0 fully saturated rings. The molecule has 0 aliphatic heterocycles. The Morgan fingerprint density at radius 2 is 1.96 bits per heavy atom. The molecule has 0 spiro atoms. The van der Waals surface area contributed by atoms with Crippen molar-refractivity contribution < 1.29 is 9.18 Å². The summed E-state index contributed by atoms with van der Waals surface area (Å²) in [6.45, 7) is 0.239. The maximum Gasteiger partial charge on any atom is 0.256 e. The summed E-state index contributed by atoms with van der Waals surface area (Å²) in [6.07, 6.45) is 2.60. The number of nitrogens with zero attached hydrogens (tertiary/aromatic N) is 1. The molecule has 0 saturated carbocycles. The van der Waals surface area contributed by atoms with Crippen LogP contribution in [0.15, 0.2) is 54.7 Å². The monoisotopic (exact) mass is 360 g/mol. The van der Waals surface area contributed by atoms with Gasteiger partial charge in [-0.15, -0.1) is 11.3 Å². The van der Waals surface area contributed by atoms with Crippen LogP contribution in [0.4, 0.5) is 4.39 Å². The van der Waals surface area contributed by atoms with E-state index in [-0.39, 0.29) is 17.1 Å². The molecule has 0 radical (unpaired) electrons. The van der Waals surface area contributed by atoms with Crippen LogP contribution in [0.1, 0.15) is 25.8 Å². The molecule has 0 saturated heterocycles. The normalized spacial score (nSPS) is 10.6. The Labute approximate surface area is 148 Å². The van der Waals surface area contributed by atoms with Crippen LogP contribution >= 0.6 is 22.9 Å². The van der Waals surface area contributed by atoms with E-state index in [0.29, 0.717) is 0 Å². The number of halogens is 2. The molecular formula is C18H14ClFN2OS. The van der Waals surface area contributed by atoms with Crippen LogP contribution in [0.2, 0.25) is 5.02 Å². The van der Waals surface area contributed by atoms with Gasteiger partial charge in [-0.2, -0.15) is 0 Å². The number of thiazole rings is 1. The van der Waals surface area contributed by atoms with Crippen molar-refractivity contribution in [2.24, 2.45) is 0 Å². The van der Waals surface area contributed by atoms with Crippen LogP contribution in [0.5, 0.6) is 0 Å². The first-order valence-electron chi connectivity index (χ1n) is 7.33. The molecule has 0 unspecified atom stereocenters. The SMILES string of the molecule is O=C(NCc1ncc(Cc2ccccc2)s1)c1c(F)cccc1Cl. The Morgan fingerprint density at radius 3 is 2.71 bits per heavy atom. The molecule has 1 aromatic heterocycles. The van der Waals surface area contributed by atoms with E-state index in [0.717, 1.165) is 16.3 Å². The fraction of sp³-hybridized carbons (Fsp3) is 0.111. The number of benzene rings is 2. The van der Waals surface area contributed by atoms with Gasteiger partial charge in [-0.25, -0.2) is 9.37 Å². The van der Waals surface area contributed by atoms with Crippen molar-refractivity contribution in [3.63, 3.8) is 0 Å². The minimum atomic E-state index is -0.635. The first kappa shape index (κ1) is 16.6. The number of rotatable bonds is 5. The number of hydrogen-bond donors (Lipinski definition) is 1. The molecule has 0 aliphatic carbocycles. The summed E-state index contributed by atoms with van der Waals surface area (Å²) in [4.78, 5) is 17.5. The van der Waals surface area contributed by atoms with Gasteiger partial charge in [0.1, 0.15) is 10.8 Å². The topological polar surface area (TPSA) is 42.0 Å². The van der Waals surface area contributed by atoms with Gasteiger partial charge in [0.25, 0.3) is 5.91 Å². The lowest BCUT2D eigenvalue weighted by Gasteiger charge is -2.06. The van der Waals surface area contributed by atoms with E-state index in [9.17, 15) is 9.18 Å². The van der Waals surface area contributed by atoms with Crippen molar-refractivity contribution in [2.75, 3.05) is 0 Å². The molecule has 1 N–H and O–H groups in total. The fourth-order valence-corrected chi connectivity index (χ4v) is 3.41. The van der Waals surface area contributed by atoms with E-state index in [1.165, 1.54) is 35.1 Å². The van der Waals surface area contributed by atoms with Gasteiger partial charge in [0.15, 0.2) is 0 Å². The van der Waals surface area contributed by atoms with Crippen LogP contribution in [0, 0.1) is 5.82 Å². The third kappa shape index (κ3) is 3.99. The van der Waals surface area contributed by atoms with Crippen LogP contribution in [0.25, 0.3) is 0 Å². The highest BCUT2D eigenvalue weighted by atomic mass is 35.5. The highest BCUT2D eigenvalue weighted by Crippen LogP contribution is 2.20. The maximum absolute atomic E-state index is 13.7. The zero-order valence-electron chi connectivity index (χ0n) is 12.6. The predicted octanol–water partition coefficient (Wildman–Crippen LogP) is 4.46. The third-order valence-electron chi connectivity index (χ3n) is 3.41. The number of nitrogens with one attached hydrogen (secondary N) is 1. The van der Waals surface area contributed by atoms with Crippen molar-refractivity contribution in [1.82, 2.24) is 10.3 Å². The van der Waals surface area contributed by atoms with E-state index in [4.69, 9.17) is 11.6 Å². The molecule has 1 amide bonds. The van der Waals surface area contributed by atoms with Gasteiger partial charge >= 0.3 is 0 Å². The number of aromatic nitrogens is 1. The zero-order valence-corrected chi connectivity index (χ0v) is 14.2. The Morgan fingerprint density at radius 1 is 1.17 bits per heavy atom. The maximum atomic E-state index is 13.7. The molecule has 6 heteroatoms. The van der Waals surface area contributed by atoms with Crippen molar-refractivity contribution in [3.05, 3.63) is 86.6 Å². The Balaban J connectivity index is 1.62. The number of carbonyl (C=O) groups is 1. The summed E-state index contributed by atoms with van der Waals surface area (Å²) < 4.78 is 13.7. The highest BCUT2D eigenvalue weighted by Gasteiger charge is 2.15. The first-order valence-corrected chi connectivity index (χ1v) is 8.52. The number of carbonyl (C=O) groups excluding carboxylic acids is 1. The fourth-order valence-electron chi connectivity index (χ4n) is 2.27. The number of hydrogen-bond acceptors (Lipinski definition) is 3. The summed E-state index contributed by atoms with van der Waals surface area (Å²) in [5.41, 5.74) is 1.06. The van der Waals surface area contributed by atoms with Crippen molar-refractivity contribution >= 4 is 28.8 Å². The summed E-state index contributed by atoms with van der Waals surface area (Å²) in [6, 6.07) is 14.2. The zero-order chi connectivity index (χ0) is 16.9. The largest absolute Gasteiger partial charge is 0.345 e. The summed E-state index contributed by atoms with van der Waals surface area (Å²) >= 11 is 7.41. The predicted molar refractivity (Wildman–Crippen MR) is 93.9 cm³/mol. The summed E-state index contributed by atoms with van der Waals surface area (Å²) in [5.74, 6) is -1.18. The van der Waals surface area contributed by atoms with Gasteiger partial charge < -0.3 is 5.32 Å². The molecule has 0 aliphatic rings. The van der Waals surface area contributed by atoms with E-state index in [1.54, 1.807) is 6.20 Å². The van der Waals surface area contributed by atoms with Gasteiger partial charge in [0.05, 0.1) is 17.1 Å². The van der Waals surface area contributed by atoms with Crippen molar-refractivity contribution in [1.29, 1.82) is 0 Å². The molecule has 3 rings (SSSR count). The van der Waals surface area contributed by atoms with Gasteiger partial charge in [-0.1, -0.05) is 48.0 Å². The molecule has 3 aromatic rings. The average molecular weight is 361 g/mol. The Kier molecular flexibility index (Phi) is 5.23. The molecule has 0 atom stereocenters. The van der Waals surface area contributed by atoms with Gasteiger partial charge in [-0.05, 0) is 17.7 Å².